The average molecular weight is 412 g/mol. The summed E-state index contributed by atoms with van der Waals surface area (Å²) in [5, 5.41) is 12.7. The van der Waals surface area contributed by atoms with E-state index in [-0.39, 0.29) is 0 Å². The second-order valence-corrected chi connectivity index (χ2v) is 7.42. The lowest BCUT2D eigenvalue weighted by Gasteiger charge is -2.37. The summed E-state index contributed by atoms with van der Waals surface area (Å²) in [4.78, 5) is 9.54. The van der Waals surface area contributed by atoms with Gasteiger partial charge in [0.25, 0.3) is 0 Å². The second-order valence-electron chi connectivity index (χ2n) is 6.98. The quantitative estimate of drug-likeness (QED) is 0.516. The minimum atomic E-state index is 0.673. The first kappa shape index (κ1) is 19.5. The normalized spacial score (nSPS) is 15.2. The van der Waals surface area contributed by atoms with Crippen molar-refractivity contribution in [2.45, 2.75) is 13.3 Å². The number of benzene rings is 1. The van der Waals surface area contributed by atoms with Gasteiger partial charge in [0.1, 0.15) is 5.82 Å². The number of pyridine rings is 1. The van der Waals surface area contributed by atoms with Crippen LogP contribution in [0.25, 0.3) is 5.65 Å². The van der Waals surface area contributed by atoms with E-state index in [9.17, 15) is 0 Å². The molecule has 8 heteroatoms. The second kappa shape index (κ2) is 9.13. The third kappa shape index (κ3) is 4.62. The number of hydrogen-bond donors (Lipinski definition) is 1. The van der Waals surface area contributed by atoms with Crippen LogP contribution in [-0.2, 0) is 6.42 Å². The van der Waals surface area contributed by atoms with Gasteiger partial charge in [0.2, 0.25) is 0 Å². The summed E-state index contributed by atoms with van der Waals surface area (Å²) in [5.74, 6) is 1.90. The molecule has 152 valence electrons. The number of nitrogens with zero attached hydrogens (tertiary/aromatic N) is 6. The molecule has 4 rings (SSSR count). The molecule has 0 atom stereocenters. The molecule has 0 saturated carbocycles. The number of aliphatic imine (C=N–C) groups is 1. The number of piperazine rings is 1. The third-order valence-electron chi connectivity index (χ3n) is 5.07. The maximum absolute atomic E-state index is 6.14. The molecule has 0 aliphatic carbocycles. The Morgan fingerprint density at radius 2 is 1.97 bits per heavy atom. The standard InChI is InChI=1S/C21H26ClN7/c1-2-23-21(24-10-9-20-26-25-19-8-3-4-11-29(19)20)28-14-12-27(13-15-28)18-7-5-6-17(22)16-18/h3-8,11,16H,2,9-10,12-15H2,1H3,(H,23,24). The molecule has 0 unspecified atom stereocenters. The molecule has 1 fully saturated rings. The molecule has 1 N–H and O–H groups in total. The van der Waals surface area contributed by atoms with Crippen LogP contribution in [0.3, 0.4) is 0 Å². The molecule has 1 saturated heterocycles. The van der Waals surface area contributed by atoms with E-state index in [1.807, 2.05) is 47.0 Å². The Morgan fingerprint density at radius 3 is 2.76 bits per heavy atom. The molecule has 0 bridgehead atoms. The lowest BCUT2D eigenvalue weighted by atomic mass is 10.2. The smallest absolute Gasteiger partial charge is 0.194 e. The fraction of sp³-hybridized carbons (Fsp3) is 0.381. The van der Waals surface area contributed by atoms with Crippen LogP contribution in [0.1, 0.15) is 12.7 Å². The fourth-order valence-electron chi connectivity index (χ4n) is 3.60. The van der Waals surface area contributed by atoms with Crippen molar-refractivity contribution in [1.29, 1.82) is 0 Å². The van der Waals surface area contributed by atoms with Crippen molar-refractivity contribution in [1.82, 2.24) is 24.8 Å². The monoisotopic (exact) mass is 411 g/mol. The maximum atomic E-state index is 6.14. The van der Waals surface area contributed by atoms with Gasteiger partial charge in [-0.3, -0.25) is 9.39 Å². The maximum Gasteiger partial charge on any atom is 0.194 e. The van der Waals surface area contributed by atoms with Crippen molar-refractivity contribution in [2.75, 3.05) is 44.2 Å². The van der Waals surface area contributed by atoms with Crippen LogP contribution in [0, 0.1) is 0 Å². The van der Waals surface area contributed by atoms with Gasteiger partial charge in [0, 0.05) is 62.6 Å². The summed E-state index contributed by atoms with van der Waals surface area (Å²) < 4.78 is 2.02. The average Bonchev–Trinajstić information content (AvgIpc) is 3.16. The number of anilines is 1. The highest BCUT2D eigenvalue weighted by molar-refractivity contribution is 6.30. The first-order chi connectivity index (χ1) is 14.2. The summed E-state index contributed by atoms with van der Waals surface area (Å²) in [6, 6.07) is 14.0. The molecule has 1 aliphatic rings. The summed E-state index contributed by atoms with van der Waals surface area (Å²) in [6.07, 6.45) is 2.75. The minimum absolute atomic E-state index is 0.673. The first-order valence-corrected chi connectivity index (χ1v) is 10.4. The Kier molecular flexibility index (Phi) is 6.14. The van der Waals surface area contributed by atoms with Crippen molar-refractivity contribution in [3.05, 3.63) is 59.5 Å². The predicted octanol–water partition coefficient (Wildman–Crippen LogP) is 2.71. The lowest BCUT2D eigenvalue weighted by Crippen LogP contribution is -2.52. The van der Waals surface area contributed by atoms with Crippen LogP contribution in [0.2, 0.25) is 5.02 Å². The molecule has 1 aromatic carbocycles. The van der Waals surface area contributed by atoms with Crippen molar-refractivity contribution in [3.8, 4) is 0 Å². The number of halogens is 1. The van der Waals surface area contributed by atoms with Gasteiger partial charge < -0.3 is 15.1 Å². The minimum Gasteiger partial charge on any atom is -0.368 e. The van der Waals surface area contributed by atoms with Gasteiger partial charge in [-0.2, -0.15) is 0 Å². The predicted molar refractivity (Wildman–Crippen MR) is 118 cm³/mol. The van der Waals surface area contributed by atoms with Gasteiger partial charge >= 0.3 is 0 Å². The molecule has 3 aromatic rings. The third-order valence-corrected chi connectivity index (χ3v) is 5.30. The number of hydrogen-bond acceptors (Lipinski definition) is 4. The molecule has 3 heterocycles. The fourth-order valence-corrected chi connectivity index (χ4v) is 3.78. The molecule has 0 amide bonds. The van der Waals surface area contributed by atoms with Crippen molar-refractivity contribution in [3.63, 3.8) is 0 Å². The Bertz CT molecular complexity index is 976. The summed E-state index contributed by atoms with van der Waals surface area (Å²) in [6.45, 7) is 7.36. The zero-order valence-corrected chi connectivity index (χ0v) is 17.4. The van der Waals surface area contributed by atoms with Gasteiger partial charge in [0.15, 0.2) is 11.6 Å². The summed E-state index contributed by atoms with van der Waals surface area (Å²) >= 11 is 6.14. The van der Waals surface area contributed by atoms with Crippen LogP contribution in [0.15, 0.2) is 53.7 Å². The molecule has 0 radical (unpaired) electrons. The Hall–Kier alpha value is -2.80. The van der Waals surface area contributed by atoms with Crippen LogP contribution in [0.4, 0.5) is 5.69 Å². The van der Waals surface area contributed by atoms with E-state index in [4.69, 9.17) is 16.6 Å². The summed E-state index contributed by atoms with van der Waals surface area (Å²) in [7, 11) is 0. The Morgan fingerprint density at radius 1 is 1.10 bits per heavy atom. The van der Waals surface area contributed by atoms with Gasteiger partial charge in [0.05, 0.1) is 0 Å². The SMILES string of the molecule is CCNC(=NCCc1nnc2ccccn12)N1CCN(c2cccc(Cl)c2)CC1. The molecule has 2 aromatic heterocycles. The number of nitrogens with one attached hydrogen (secondary N) is 1. The van der Waals surface area contributed by atoms with Gasteiger partial charge in [-0.1, -0.05) is 23.7 Å². The van der Waals surface area contributed by atoms with Gasteiger partial charge in [-0.05, 0) is 37.3 Å². The molecule has 7 nitrogen and oxygen atoms in total. The van der Waals surface area contributed by atoms with E-state index in [1.165, 1.54) is 5.69 Å². The summed E-state index contributed by atoms with van der Waals surface area (Å²) in [5.41, 5.74) is 2.05. The molecular weight excluding hydrogens is 386 g/mol. The number of fused-ring (bicyclic) bond motifs is 1. The van der Waals surface area contributed by atoms with Gasteiger partial charge in [-0.25, -0.2) is 0 Å². The van der Waals surface area contributed by atoms with Crippen LogP contribution >= 0.6 is 11.6 Å². The van der Waals surface area contributed by atoms with Crippen LogP contribution in [-0.4, -0.2) is 64.7 Å². The number of rotatable bonds is 5. The highest BCUT2D eigenvalue weighted by Gasteiger charge is 2.20. The zero-order valence-electron chi connectivity index (χ0n) is 16.6. The first-order valence-electron chi connectivity index (χ1n) is 10.1. The van der Waals surface area contributed by atoms with Crippen LogP contribution < -0.4 is 10.2 Å². The van der Waals surface area contributed by atoms with E-state index < -0.39 is 0 Å². The van der Waals surface area contributed by atoms with E-state index >= 15 is 0 Å². The molecule has 29 heavy (non-hydrogen) atoms. The van der Waals surface area contributed by atoms with Crippen molar-refractivity contribution >= 4 is 28.9 Å². The van der Waals surface area contributed by atoms with E-state index in [0.717, 1.165) is 61.6 Å². The van der Waals surface area contributed by atoms with E-state index in [1.54, 1.807) is 0 Å². The lowest BCUT2D eigenvalue weighted by molar-refractivity contribution is 0.372. The largest absolute Gasteiger partial charge is 0.368 e. The topological polar surface area (TPSA) is 61.1 Å². The highest BCUT2D eigenvalue weighted by Crippen LogP contribution is 2.20. The number of aromatic nitrogens is 3. The van der Waals surface area contributed by atoms with Crippen molar-refractivity contribution < 1.29 is 0 Å². The van der Waals surface area contributed by atoms with Gasteiger partial charge in [-0.15, -0.1) is 10.2 Å². The molecular formula is C21H26ClN7. The highest BCUT2D eigenvalue weighted by atomic mass is 35.5. The Balaban J connectivity index is 1.37. The van der Waals surface area contributed by atoms with E-state index in [2.05, 4.69) is 38.3 Å². The molecule has 0 spiro atoms. The number of guanidine groups is 1. The van der Waals surface area contributed by atoms with Crippen LogP contribution in [0.5, 0.6) is 0 Å². The van der Waals surface area contributed by atoms with Crippen molar-refractivity contribution in [2.24, 2.45) is 4.99 Å². The Labute approximate surface area is 176 Å². The van der Waals surface area contributed by atoms with E-state index in [0.29, 0.717) is 6.54 Å². The molecule has 1 aliphatic heterocycles. The zero-order chi connectivity index (χ0) is 20.1.